The van der Waals surface area contributed by atoms with Crippen molar-refractivity contribution in [1.29, 1.82) is 0 Å². The summed E-state index contributed by atoms with van der Waals surface area (Å²) in [7, 11) is -3.74. The van der Waals surface area contributed by atoms with E-state index in [0.717, 1.165) is 24.8 Å². The maximum absolute atomic E-state index is 12.7. The zero-order valence-corrected chi connectivity index (χ0v) is 13.7. The molecule has 0 unspecified atom stereocenters. The van der Waals surface area contributed by atoms with E-state index in [1.807, 2.05) is 6.07 Å². The zero-order chi connectivity index (χ0) is 16.7. The number of nitrogens with one attached hydrogen (secondary N) is 2. The SMILES string of the molecule is O=C1COc2cccc(NS(=O)(=O)c3ccc4c(c3)CCC4)c2N1. The van der Waals surface area contributed by atoms with Gasteiger partial charge in [0.1, 0.15) is 11.4 Å². The number of ether oxygens (including phenoxy) is 1. The molecule has 124 valence electrons. The van der Waals surface area contributed by atoms with E-state index in [9.17, 15) is 13.2 Å². The highest BCUT2D eigenvalue weighted by atomic mass is 32.2. The lowest BCUT2D eigenvalue weighted by molar-refractivity contribution is -0.118. The fraction of sp³-hybridized carbons (Fsp3) is 0.235. The largest absolute Gasteiger partial charge is 0.481 e. The minimum Gasteiger partial charge on any atom is -0.481 e. The summed E-state index contributed by atoms with van der Waals surface area (Å²) in [4.78, 5) is 11.8. The van der Waals surface area contributed by atoms with Crippen molar-refractivity contribution >= 4 is 27.3 Å². The number of fused-ring (bicyclic) bond motifs is 2. The summed E-state index contributed by atoms with van der Waals surface area (Å²) in [5, 5.41) is 2.65. The molecule has 1 amide bonds. The summed E-state index contributed by atoms with van der Waals surface area (Å²) in [6.07, 6.45) is 2.96. The van der Waals surface area contributed by atoms with Crippen LogP contribution in [0.4, 0.5) is 11.4 Å². The molecule has 1 aliphatic heterocycles. The van der Waals surface area contributed by atoms with E-state index in [-0.39, 0.29) is 17.4 Å². The van der Waals surface area contributed by atoms with Gasteiger partial charge in [-0.15, -0.1) is 0 Å². The molecule has 2 aliphatic rings. The number of hydrogen-bond donors (Lipinski definition) is 2. The quantitative estimate of drug-likeness (QED) is 0.895. The van der Waals surface area contributed by atoms with Gasteiger partial charge in [-0.05, 0) is 54.7 Å². The first-order valence-corrected chi connectivity index (χ1v) is 9.21. The number of hydrogen-bond acceptors (Lipinski definition) is 4. The van der Waals surface area contributed by atoms with Crippen molar-refractivity contribution in [1.82, 2.24) is 0 Å². The Hall–Kier alpha value is -2.54. The Kier molecular flexibility index (Phi) is 3.45. The normalized spacial score (nSPS) is 15.9. The molecule has 24 heavy (non-hydrogen) atoms. The van der Waals surface area contributed by atoms with E-state index >= 15 is 0 Å². The molecule has 1 heterocycles. The fourth-order valence-electron chi connectivity index (χ4n) is 3.10. The smallest absolute Gasteiger partial charge is 0.262 e. The molecule has 0 bridgehead atoms. The van der Waals surface area contributed by atoms with E-state index < -0.39 is 10.0 Å². The van der Waals surface area contributed by atoms with Crippen LogP contribution >= 0.6 is 0 Å². The Morgan fingerprint density at radius 1 is 1.08 bits per heavy atom. The number of anilines is 2. The molecule has 2 N–H and O–H groups in total. The predicted molar refractivity (Wildman–Crippen MR) is 89.8 cm³/mol. The second-order valence-electron chi connectivity index (χ2n) is 5.91. The van der Waals surface area contributed by atoms with Crippen LogP contribution in [-0.4, -0.2) is 20.9 Å². The van der Waals surface area contributed by atoms with Crippen LogP contribution in [0.1, 0.15) is 17.5 Å². The maximum Gasteiger partial charge on any atom is 0.262 e. The average molecular weight is 344 g/mol. The molecule has 0 atom stereocenters. The van der Waals surface area contributed by atoms with Crippen molar-refractivity contribution in [2.75, 3.05) is 16.6 Å². The van der Waals surface area contributed by atoms with Crippen molar-refractivity contribution in [2.45, 2.75) is 24.2 Å². The van der Waals surface area contributed by atoms with Crippen molar-refractivity contribution in [3.05, 3.63) is 47.5 Å². The molecular formula is C17H16N2O4S. The first-order valence-electron chi connectivity index (χ1n) is 7.73. The molecule has 0 fully saturated rings. The standard InChI is InChI=1S/C17H16N2O4S/c20-16-10-23-15-6-2-5-14(17(15)18-16)19-24(21,22)13-8-7-11-3-1-4-12(11)9-13/h2,5-9,19H,1,3-4,10H2,(H,18,20). The van der Waals surface area contributed by atoms with Gasteiger partial charge in [-0.25, -0.2) is 8.42 Å². The minimum absolute atomic E-state index is 0.0754. The lowest BCUT2D eigenvalue weighted by atomic mass is 10.1. The molecule has 0 saturated carbocycles. The average Bonchev–Trinajstić information content (AvgIpc) is 3.03. The summed E-state index contributed by atoms with van der Waals surface area (Å²) in [6.45, 7) is -0.0754. The highest BCUT2D eigenvalue weighted by Crippen LogP contribution is 2.36. The second-order valence-corrected chi connectivity index (χ2v) is 7.59. The number of rotatable bonds is 3. The van der Waals surface area contributed by atoms with E-state index in [1.165, 1.54) is 5.56 Å². The molecule has 0 radical (unpaired) electrons. The van der Waals surface area contributed by atoms with Crippen molar-refractivity contribution in [3.8, 4) is 5.75 Å². The van der Waals surface area contributed by atoms with Crippen LogP contribution in [0.5, 0.6) is 5.75 Å². The van der Waals surface area contributed by atoms with Crippen molar-refractivity contribution in [3.63, 3.8) is 0 Å². The van der Waals surface area contributed by atoms with Gasteiger partial charge in [-0.2, -0.15) is 0 Å². The number of aryl methyl sites for hydroxylation is 2. The number of benzene rings is 2. The van der Waals surface area contributed by atoms with Crippen molar-refractivity contribution in [2.24, 2.45) is 0 Å². The van der Waals surface area contributed by atoms with E-state index in [4.69, 9.17) is 4.74 Å². The highest BCUT2D eigenvalue weighted by Gasteiger charge is 2.23. The van der Waals surface area contributed by atoms with Gasteiger partial charge >= 0.3 is 0 Å². The summed E-state index contributed by atoms with van der Waals surface area (Å²) in [5.41, 5.74) is 2.94. The molecule has 4 rings (SSSR count). The monoisotopic (exact) mass is 344 g/mol. The number of carbonyl (C=O) groups excluding carboxylic acids is 1. The molecule has 7 heteroatoms. The van der Waals surface area contributed by atoms with Crippen LogP contribution in [0.15, 0.2) is 41.3 Å². The lowest BCUT2D eigenvalue weighted by Crippen LogP contribution is -2.26. The summed E-state index contributed by atoms with van der Waals surface area (Å²) >= 11 is 0. The van der Waals surface area contributed by atoms with E-state index in [2.05, 4.69) is 10.0 Å². The number of para-hydroxylation sites is 1. The Labute approximate surface area is 139 Å². The lowest BCUT2D eigenvalue weighted by Gasteiger charge is -2.21. The number of carbonyl (C=O) groups is 1. The zero-order valence-electron chi connectivity index (χ0n) is 12.8. The number of sulfonamides is 1. The first-order chi connectivity index (χ1) is 11.5. The molecule has 0 spiro atoms. The topological polar surface area (TPSA) is 84.5 Å². The summed E-state index contributed by atoms with van der Waals surface area (Å²) in [6, 6.07) is 10.2. The van der Waals surface area contributed by atoms with Crippen LogP contribution in [0.3, 0.4) is 0 Å². The predicted octanol–water partition coefficient (Wildman–Crippen LogP) is 2.31. The van der Waals surface area contributed by atoms with Crippen LogP contribution in [0.2, 0.25) is 0 Å². The Morgan fingerprint density at radius 2 is 1.92 bits per heavy atom. The molecule has 2 aromatic rings. The van der Waals surface area contributed by atoms with Crippen LogP contribution in [-0.2, 0) is 27.7 Å². The maximum atomic E-state index is 12.7. The molecule has 0 saturated heterocycles. The van der Waals surface area contributed by atoms with E-state index in [1.54, 1.807) is 30.3 Å². The third-order valence-electron chi connectivity index (χ3n) is 4.27. The highest BCUT2D eigenvalue weighted by molar-refractivity contribution is 7.92. The molecule has 2 aromatic carbocycles. The van der Waals surface area contributed by atoms with Gasteiger partial charge in [0.15, 0.2) is 6.61 Å². The fourth-order valence-corrected chi connectivity index (χ4v) is 4.23. The minimum atomic E-state index is -3.74. The molecule has 0 aromatic heterocycles. The van der Waals surface area contributed by atoms with Gasteiger partial charge in [-0.3, -0.25) is 9.52 Å². The Morgan fingerprint density at radius 3 is 2.79 bits per heavy atom. The van der Waals surface area contributed by atoms with Gasteiger partial charge < -0.3 is 10.1 Å². The van der Waals surface area contributed by atoms with Crippen molar-refractivity contribution < 1.29 is 17.9 Å². The van der Waals surface area contributed by atoms with Crippen LogP contribution < -0.4 is 14.8 Å². The van der Waals surface area contributed by atoms with Gasteiger partial charge in [0, 0.05) is 0 Å². The second kappa shape index (κ2) is 5.52. The summed E-state index contributed by atoms with van der Waals surface area (Å²) in [5.74, 6) is 0.135. The van der Waals surface area contributed by atoms with Gasteiger partial charge in [0.2, 0.25) is 0 Å². The van der Waals surface area contributed by atoms with Gasteiger partial charge in [-0.1, -0.05) is 12.1 Å². The van der Waals surface area contributed by atoms with Gasteiger partial charge in [0.25, 0.3) is 15.9 Å². The van der Waals surface area contributed by atoms with Gasteiger partial charge in [0.05, 0.1) is 10.6 Å². The van der Waals surface area contributed by atoms with Crippen LogP contribution in [0.25, 0.3) is 0 Å². The van der Waals surface area contributed by atoms with E-state index in [0.29, 0.717) is 17.1 Å². The third-order valence-corrected chi connectivity index (χ3v) is 5.64. The Balaban J connectivity index is 1.69. The first kappa shape index (κ1) is 15.0. The number of amides is 1. The molecular weight excluding hydrogens is 328 g/mol. The molecule has 6 nitrogen and oxygen atoms in total. The Bertz CT molecular complexity index is 938. The molecule has 1 aliphatic carbocycles. The third kappa shape index (κ3) is 2.60. The van der Waals surface area contributed by atoms with Crippen LogP contribution in [0, 0.1) is 0 Å². The summed E-state index contributed by atoms with van der Waals surface area (Å²) < 4.78 is 33.3.